The summed E-state index contributed by atoms with van der Waals surface area (Å²) in [5.74, 6) is -1.69. The Hall–Kier alpha value is -4.91. The summed E-state index contributed by atoms with van der Waals surface area (Å²) in [5.41, 5.74) is 2.48. The molecule has 0 atom stereocenters. The van der Waals surface area contributed by atoms with Gasteiger partial charge in [0, 0.05) is 17.5 Å². The van der Waals surface area contributed by atoms with Gasteiger partial charge in [0.1, 0.15) is 0 Å². The highest BCUT2D eigenvalue weighted by atomic mass is 16.4. The highest BCUT2D eigenvalue weighted by molar-refractivity contribution is 6.08. The van der Waals surface area contributed by atoms with E-state index in [2.05, 4.69) is 16.0 Å². The predicted molar refractivity (Wildman–Crippen MR) is 139 cm³/mol. The lowest BCUT2D eigenvalue weighted by molar-refractivity contribution is -0.111. The van der Waals surface area contributed by atoms with E-state index < -0.39 is 17.9 Å². The van der Waals surface area contributed by atoms with Crippen molar-refractivity contribution in [2.24, 2.45) is 0 Å². The number of anilines is 3. The topological polar surface area (TPSA) is 108 Å². The molecule has 4 aromatic rings. The van der Waals surface area contributed by atoms with Gasteiger partial charge in [0.15, 0.2) is 0 Å². The first kappa shape index (κ1) is 23.3. The van der Waals surface area contributed by atoms with Crippen molar-refractivity contribution in [2.45, 2.75) is 6.92 Å². The summed E-state index contributed by atoms with van der Waals surface area (Å²) < 4.78 is 0. The zero-order valence-electron chi connectivity index (χ0n) is 18.9. The Labute approximate surface area is 202 Å². The fourth-order valence-corrected chi connectivity index (χ4v) is 3.61. The normalized spacial score (nSPS) is 11.1. The van der Waals surface area contributed by atoms with Gasteiger partial charge >= 0.3 is 12.0 Å². The van der Waals surface area contributed by atoms with Gasteiger partial charge in [-0.2, -0.15) is 0 Å². The summed E-state index contributed by atoms with van der Waals surface area (Å²) >= 11 is 0. The second-order valence-corrected chi connectivity index (χ2v) is 7.89. The van der Waals surface area contributed by atoms with E-state index in [1.165, 1.54) is 24.3 Å². The van der Waals surface area contributed by atoms with Crippen LogP contribution < -0.4 is 16.0 Å². The predicted octanol–water partition coefficient (Wildman–Crippen LogP) is 6.22. The average Bonchev–Trinajstić information content (AvgIpc) is 2.85. The molecule has 0 spiro atoms. The van der Waals surface area contributed by atoms with Crippen LogP contribution in [-0.4, -0.2) is 23.0 Å². The summed E-state index contributed by atoms with van der Waals surface area (Å²) in [5, 5.41) is 19.7. The highest BCUT2D eigenvalue weighted by Crippen LogP contribution is 2.23. The minimum atomic E-state index is -1.23. The van der Waals surface area contributed by atoms with Crippen LogP contribution in [0.3, 0.4) is 0 Å². The lowest BCUT2D eigenvalue weighted by Gasteiger charge is -2.12. The van der Waals surface area contributed by atoms with Gasteiger partial charge in [-0.1, -0.05) is 54.6 Å². The first-order chi connectivity index (χ1) is 16.9. The molecule has 0 aliphatic rings. The molecule has 4 rings (SSSR count). The summed E-state index contributed by atoms with van der Waals surface area (Å²) in [6, 6.07) is 26.5. The summed E-state index contributed by atoms with van der Waals surface area (Å²) in [6.07, 6.45) is 1.43. The number of carboxylic acids is 1. The van der Waals surface area contributed by atoms with Crippen LogP contribution in [0.4, 0.5) is 21.9 Å². The van der Waals surface area contributed by atoms with Crippen molar-refractivity contribution in [3.8, 4) is 0 Å². The Morgan fingerprint density at radius 2 is 1.40 bits per heavy atom. The maximum absolute atomic E-state index is 12.6. The Bertz CT molecular complexity index is 1450. The van der Waals surface area contributed by atoms with E-state index in [-0.39, 0.29) is 16.9 Å². The standard InChI is InChI=1S/C28H23N3O4/c1-18(20-12-11-19-7-5-6-8-21(19)16-20)15-26(32)31-25-14-13-23(17-24(25)27(33)34)30-28(35)29-22-9-3-2-4-10-22/h2-17H,1H3,(H,31,32)(H,33,34)(H2,29,30,35)/b18-15-. The molecule has 35 heavy (non-hydrogen) atoms. The number of hydrogen-bond donors (Lipinski definition) is 4. The van der Waals surface area contributed by atoms with Crippen LogP contribution >= 0.6 is 0 Å². The summed E-state index contributed by atoms with van der Waals surface area (Å²) in [6.45, 7) is 1.82. The van der Waals surface area contributed by atoms with Gasteiger partial charge in [0.05, 0.1) is 11.3 Å². The number of amides is 3. The molecule has 4 N–H and O–H groups in total. The fraction of sp³-hybridized carbons (Fsp3) is 0.0357. The maximum atomic E-state index is 12.6. The van der Waals surface area contributed by atoms with E-state index in [1.807, 2.05) is 55.5 Å². The van der Waals surface area contributed by atoms with E-state index in [4.69, 9.17) is 0 Å². The second kappa shape index (κ2) is 10.4. The van der Waals surface area contributed by atoms with Gasteiger partial charge in [0.25, 0.3) is 0 Å². The van der Waals surface area contributed by atoms with Gasteiger partial charge in [-0.15, -0.1) is 0 Å². The van der Waals surface area contributed by atoms with Gasteiger partial charge in [0.2, 0.25) is 5.91 Å². The zero-order valence-corrected chi connectivity index (χ0v) is 18.9. The van der Waals surface area contributed by atoms with E-state index >= 15 is 0 Å². The van der Waals surface area contributed by atoms with Crippen LogP contribution in [0.5, 0.6) is 0 Å². The number of para-hydroxylation sites is 1. The van der Waals surface area contributed by atoms with Crippen LogP contribution in [0, 0.1) is 0 Å². The van der Waals surface area contributed by atoms with Crippen molar-refractivity contribution < 1.29 is 19.5 Å². The van der Waals surface area contributed by atoms with Crippen molar-refractivity contribution in [3.63, 3.8) is 0 Å². The summed E-state index contributed by atoms with van der Waals surface area (Å²) in [4.78, 5) is 36.7. The lowest BCUT2D eigenvalue weighted by Crippen LogP contribution is -2.20. The molecule has 7 nitrogen and oxygen atoms in total. The van der Waals surface area contributed by atoms with Crippen molar-refractivity contribution in [3.05, 3.63) is 108 Å². The van der Waals surface area contributed by atoms with Crippen LogP contribution in [0.2, 0.25) is 0 Å². The monoisotopic (exact) mass is 465 g/mol. The molecule has 0 aliphatic heterocycles. The third-order valence-corrected chi connectivity index (χ3v) is 5.35. The number of carboxylic acid groups (broad SMARTS) is 1. The smallest absolute Gasteiger partial charge is 0.337 e. The molecular weight excluding hydrogens is 442 g/mol. The van der Waals surface area contributed by atoms with Crippen molar-refractivity contribution in [1.82, 2.24) is 0 Å². The molecule has 4 aromatic carbocycles. The van der Waals surface area contributed by atoms with Crippen LogP contribution in [0.1, 0.15) is 22.8 Å². The maximum Gasteiger partial charge on any atom is 0.337 e. The highest BCUT2D eigenvalue weighted by Gasteiger charge is 2.14. The van der Waals surface area contributed by atoms with Crippen LogP contribution in [0.25, 0.3) is 16.3 Å². The van der Waals surface area contributed by atoms with E-state index in [9.17, 15) is 19.5 Å². The number of carbonyl (C=O) groups is 3. The number of urea groups is 1. The SMILES string of the molecule is C/C(=C/C(=O)Nc1ccc(NC(=O)Nc2ccccc2)cc1C(=O)O)c1ccc2ccccc2c1. The van der Waals surface area contributed by atoms with E-state index in [0.717, 1.165) is 21.9 Å². The third kappa shape index (κ3) is 5.91. The number of nitrogens with one attached hydrogen (secondary N) is 3. The molecule has 0 radical (unpaired) electrons. The first-order valence-electron chi connectivity index (χ1n) is 10.9. The van der Waals surface area contributed by atoms with Crippen molar-refractivity contribution in [1.29, 1.82) is 0 Å². The van der Waals surface area contributed by atoms with Gasteiger partial charge in [-0.05, 0) is 65.2 Å². The molecule has 0 saturated heterocycles. The molecule has 174 valence electrons. The fourth-order valence-electron chi connectivity index (χ4n) is 3.61. The lowest BCUT2D eigenvalue weighted by atomic mass is 10.0. The van der Waals surface area contributed by atoms with Gasteiger partial charge in [-0.25, -0.2) is 9.59 Å². The molecule has 3 amide bonds. The van der Waals surface area contributed by atoms with Crippen molar-refractivity contribution in [2.75, 3.05) is 16.0 Å². The number of benzene rings is 4. The third-order valence-electron chi connectivity index (χ3n) is 5.35. The molecule has 0 heterocycles. The molecule has 0 fully saturated rings. The largest absolute Gasteiger partial charge is 0.478 e. The number of aromatic carboxylic acids is 1. The molecule has 0 unspecified atom stereocenters. The first-order valence-corrected chi connectivity index (χ1v) is 10.9. The number of carbonyl (C=O) groups excluding carboxylic acids is 2. The van der Waals surface area contributed by atoms with Crippen LogP contribution in [0.15, 0.2) is 97.1 Å². The molecule has 7 heteroatoms. The number of fused-ring (bicyclic) bond motifs is 1. The molecule has 0 aliphatic carbocycles. The Morgan fingerprint density at radius 1 is 0.714 bits per heavy atom. The van der Waals surface area contributed by atoms with Gasteiger partial charge in [-0.3, -0.25) is 4.79 Å². The minimum absolute atomic E-state index is 0.124. The molecule has 0 aromatic heterocycles. The minimum Gasteiger partial charge on any atom is -0.478 e. The van der Waals surface area contributed by atoms with Crippen LogP contribution in [-0.2, 0) is 4.79 Å². The number of rotatable bonds is 6. The molecule has 0 bridgehead atoms. The zero-order chi connectivity index (χ0) is 24.8. The molecular formula is C28H23N3O4. The van der Waals surface area contributed by atoms with E-state index in [1.54, 1.807) is 24.3 Å². The Morgan fingerprint density at radius 3 is 2.14 bits per heavy atom. The average molecular weight is 466 g/mol. The summed E-state index contributed by atoms with van der Waals surface area (Å²) in [7, 11) is 0. The quantitative estimate of drug-likeness (QED) is 0.253. The van der Waals surface area contributed by atoms with Gasteiger partial charge < -0.3 is 21.1 Å². The van der Waals surface area contributed by atoms with E-state index in [0.29, 0.717) is 5.69 Å². The second-order valence-electron chi connectivity index (χ2n) is 7.89. The number of allylic oxidation sites excluding steroid dienone is 1. The Balaban J connectivity index is 1.48. The Kier molecular flexibility index (Phi) is 6.88. The number of hydrogen-bond acceptors (Lipinski definition) is 3. The van der Waals surface area contributed by atoms with Crippen molar-refractivity contribution >= 4 is 51.3 Å². The molecule has 0 saturated carbocycles.